The smallest absolute Gasteiger partial charge is 0.269 e. The molecule has 6 heteroatoms. The van der Waals surface area contributed by atoms with Crippen LogP contribution in [0.1, 0.15) is 27.2 Å². The van der Waals surface area contributed by atoms with Crippen molar-refractivity contribution in [1.82, 2.24) is 14.0 Å². The lowest BCUT2D eigenvalue weighted by Crippen LogP contribution is -2.21. The summed E-state index contributed by atoms with van der Waals surface area (Å²) in [4.78, 5) is 28.6. The third-order valence-electron chi connectivity index (χ3n) is 4.60. The van der Waals surface area contributed by atoms with E-state index in [4.69, 9.17) is 0 Å². The first-order valence-electron chi connectivity index (χ1n) is 8.95. The van der Waals surface area contributed by atoms with Crippen molar-refractivity contribution in [2.45, 2.75) is 24.2 Å². The van der Waals surface area contributed by atoms with Crippen molar-refractivity contribution >= 4 is 23.8 Å². The van der Waals surface area contributed by atoms with Gasteiger partial charge in [0.1, 0.15) is 5.56 Å². The Morgan fingerprint density at radius 3 is 2.29 bits per heavy atom. The number of rotatable bonds is 6. The molecule has 0 fully saturated rings. The summed E-state index contributed by atoms with van der Waals surface area (Å²) in [6.45, 7) is 2.29. The van der Waals surface area contributed by atoms with Crippen molar-refractivity contribution in [2.75, 3.05) is 0 Å². The largest absolute Gasteiger partial charge is 0.300 e. The molecule has 2 aromatic carbocycles. The molecule has 0 unspecified atom stereocenters. The number of fused-ring (bicyclic) bond motifs is 1. The van der Waals surface area contributed by atoms with Crippen molar-refractivity contribution in [3.8, 4) is 0 Å². The quantitative estimate of drug-likeness (QED) is 0.370. The predicted molar refractivity (Wildman–Crippen MR) is 111 cm³/mol. The van der Waals surface area contributed by atoms with Crippen LogP contribution in [0.5, 0.6) is 0 Å². The van der Waals surface area contributed by atoms with Crippen molar-refractivity contribution in [3.63, 3.8) is 0 Å². The first kappa shape index (κ1) is 18.3. The average Bonchev–Trinajstić information content (AvgIpc) is 3.06. The minimum Gasteiger partial charge on any atom is -0.300 e. The zero-order valence-electron chi connectivity index (χ0n) is 15.4. The molecule has 28 heavy (non-hydrogen) atoms. The van der Waals surface area contributed by atoms with Gasteiger partial charge in [0.05, 0.1) is 17.3 Å². The fraction of sp³-hybridized carbons (Fsp3) is 0.136. The van der Waals surface area contributed by atoms with Gasteiger partial charge in [0.25, 0.3) is 5.56 Å². The minimum absolute atomic E-state index is 0.106. The monoisotopic (exact) mass is 389 g/mol. The SMILES string of the molecule is Cc1nc2n(Cc3ccccc3)c(SCc3ccccc3)cn2c(=O)c1C=O. The third kappa shape index (κ3) is 3.51. The van der Waals surface area contributed by atoms with E-state index in [0.29, 0.717) is 24.3 Å². The van der Waals surface area contributed by atoms with E-state index in [1.807, 2.05) is 53.1 Å². The number of imidazole rings is 1. The van der Waals surface area contributed by atoms with Gasteiger partial charge in [0.15, 0.2) is 6.29 Å². The number of nitrogens with zero attached hydrogens (tertiary/aromatic N) is 3. The summed E-state index contributed by atoms with van der Waals surface area (Å²) in [5.74, 6) is 1.33. The summed E-state index contributed by atoms with van der Waals surface area (Å²) in [6.07, 6.45) is 2.37. The molecule has 0 aliphatic carbocycles. The molecule has 0 bridgehead atoms. The van der Waals surface area contributed by atoms with E-state index in [0.717, 1.165) is 16.3 Å². The van der Waals surface area contributed by atoms with Gasteiger partial charge in [-0.25, -0.2) is 4.98 Å². The maximum absolute atomic E-state index is 12.7. The van der Waals surface area contributed by atoms with Crippen LogP contribution in [0.3, 0.4) is 0 Å². The Hall–Kier alpha value is -3.12. The summed E-state index contributed by atoms with van der Waals surface area (Å²) in [6, 6.07) is 20.2. The topological polar surface area (TPSA) is 56.4 Å². The highest BCUT2D eigenvalue weighted by molar-refractivity contribution is 7.98. The van der Waals surface area contributed by atoms with Gasteiger partial charge < -0.3 is 4.57 Å². The Morgan fingerprint density at radius 2 is 1.64 bits per heavy atom. The number of carbonyl (C=O) groups excluding carboxylic acids is 1. The minimum atomic E-state index is -0.328. The summed E-state index contributed by atoms with van der Waals surface area (Å²) in [5, 5.41) is 0.930. The van der Waals surface area contributed by atoms with Crippen LogP contribution in [0, 0.1) is 6.92 Å². The van der Waals surface area contributed by atoms with Crippen LogP contribution in [0.2, 0.25) is 0 Å². The van der Waals surface area contributed by atoms with Gasteiger partial charge in [0.2, 0.25) is 5.78 Å². The standard InChI is InChI=1S/C22H19N3O2S/c1-16-19(14-26)21(27)25-13-20(28-15-18-10-6-3-7-11-18)24(22(25)23-16)12-17-8-4-2-5-9-17/h2-11,13-14H,12,15H2,1H3. The predicted octanol–water partition coefficient (Wildman–Crippen LogP) is 3.96. The van der Waals surface area contributed by atoms with Crippen LogP contribution in [0.25, 0.3) is 5.78 Å². The van der Waals surface area contributed by atoms with E-state index in [1.165, 1.54) is 9.96 Å². The molecule has 2 heterocycles. The average molecular weight is 389 g/mol. The lowest BCUT2D eigenvalue weighted by atomic mass is 10.2. The highest BCUT2D eigenvalue weighted by Crippen LogP contribution is 2.26. The van der Waals surface area contributed by atoms with E-state index in [9.17, 15) is 9.59 Å². The van der Waals surface area contributed by atoms with Gasteiger partial charge in [-0.3, -0.25) is 14.0 Å². The second kappa shape index (κ2) is 7.86. The summed E-state index contributed by atoms with van der Waals surface area (Å²) < 4.78 is 3.51. The fourth-order valence-electron chi connectivity index (χ4n) is 3.12. The molecule has 0 amide bonds. The van der Waals surface area contributed by atoms with Crippen LogP contribution in [-0.4, -0.2) is 20.2 Å². The van der Waals surface area contributed by atoms with E-state index in [2.05, 4.69) is 17.1 Å². The Morgan fingerprint density at radius 1 is 1.00 bits per heavy atom. The molecule has 140 valence electrons. The number of hydrogen-bond donors (Lipinski definition) is 0. The molecule has 0 spiro atoms. The lowest BCUT2D eigenvalue weighted by Gasteiger charge is -2.10. The van der Waals surface area contributed by atoms with Crippen LogP contribution in [0.4, 0.5) is 0 Å². The first-order chi connectivity index (χ1) is 13.7. The highest BCUT2D eigenvalue weighted by atomic mass is 32.2. The number of aldehydes is 1. The first-order valence-corrected chi connectivity index (χ1v) is 9.94. The van der Waals surface area contributed by atoms with Crippen molar-refractivity contribution < 1.29 is 4.79 Å². The molecular formula is C22H19N3O2S. The van der Waals surface area contributed by atoms with Gasteiger partial charge in [0, 0.05) is 11.9 Å². The van der Waals surface area contributed by atoms with Gasteiger partial charge in [-0.05, 0) is 18.1 Å². The maximum atomic E-state index is 12.7. The van der Waals surface area contributed by atoms with E-state index in [-0.39, 0.29) is 11.1 Å². The highest BCUT2D eigenvalue weighted by Gasteiger charge is 2.16. The summed E-state index contributed by atoms with van der Waals surface area (Å²) >= 11 is 1.65. The molecule has 0 aliphatic rings. The molecule has 4 rings (SSSR count). The molecule has 0 N–H and O–H groups in total. The van der Waals surface area contributed by atoms with Crippen molar-refractivity contribution in [1.29, 1.82) is 0 Å². The molecule has 0 radical (unpaired) electrons. The Kier molecular flexibility index (Phi) is 5.12. The van der Waals surface area contributed by atoms with Crippen LogP contribution in [0.15, 0.2) is 76.7 Å². The van der Waals surface area contributed by atoms with E-state index >= 15 is 0 Å². The van der Waals surface area contributed by atoms with Gasteiger partial charge >= 0.3 is 0 Å². The Labute approximate surface area is 166 Å². The summed E-state index contributed by atoms with van der Waals surface area (Å²) in [7, 11) is 0. The fourth-order valence-corrected chi connectivity index (χ4v) is 4.11. The number of aryl methyl sites for hydroxylation is 1. The summed E-state index contributed by atoms with van der Waals surface area (Å²) in [5.41, 5.74) is 2.55. The number of hydrogen-bond acceptors (Lipinski definition) is 4. The van der Waals surface area contributed by atoms with Crippen molar-refractivity contribution in [2.24, 2.45) is 0 Å². The molecule has 0 saturated heterocycles. The van der Waals surface area contributed by atoms with Gasteiger partial charge in [-0.1, -0.05) is 60.7 Å². The second-order valence-corrected chi connectivity index (χ2v) is 7.51. The molecule has 4 aromatic rings. The van der Waals surface area contributed by atoms with Crippen LogP contribution >= 0.6 is 11.8 Å². The van der Waals surface area contributed by atoms with Gasteiger partial charge in [-0.2, -0.15) is 0 Å². The maximum Gasteiger partial charge on any atom is 0.269 e. The second-order valence-electron chi connectivity index (χ2n) is 6.52. The number of thioether (sulfide) groups is 1. The lowest BCUT2D eigenvalue weighted by molar-refractivity contribution is 0.112. The number of aromatic nitrogens is 3. The molecule has 0 atom stereocenters. The molecule has 0 saturated carbocycles. The van der Waals surface area contributed by atoms with Gasteiger partial charge in [-0.15, -0.1) is 11.8 Å². The normalized spacial score (nSPS) is 11.0. The molecule has 0 aliphatic heterocycles. The zero-order valence-corrected chi connectivity index (χ0v) is 16.2. The number of carbonyl (C=O) groups is 1. The third-order valence-corrected chi connectivity index (χ3v) is 5.70. The van der Waals surface area contributed by atoms with Crippen LogP contribution < -0.4 is 5.56 Å². The molecular weight excluding hydrogens is 370 g/mol. The molecule has 5 nitrogen and oxygen atoms in total. The van der Waals surface area contributed by atoms with E-state index < -0.39 is 0 Å². The Balaban J connectivity index is 1.81. The number of benzene rings is 2. The molecule has 2 aromatic heterocycles. The zero-order chi connectivity index (χ0) is 19.5. The van der Waals surface area contributed by atoms with Crippen molar-refractivity contribution in [3.05, 3.63) is 99.6 Å². The van der Waals surface area contributed by atoms with Crippen LogP contribution in [-0.2, 0) is 12.3 Å². The van der Waals surface area contributed by atoms with E-state index in [1.54, 1.807) is 24.9 Å². The Bertz CT molecular complexity index is 1180.